The van der Waals surface area contributed by atoms with Gasteiger partial charge in [0.15, 0.2) is 0 Å². The first-order chi connectivity index (χ1) is 9.08. The molecule has 0 saturated carbocycles. The Hall–Kier alpha value is -1.20. The molecule has 2 N–H and O–H groups in total. The van der Waals surface area contributed by atoms with Gasteiger partial charge in [0.25, 0.3) is 0 Å². The number of thioether (sulfide) groups is 1. The molecule has 0 aliphatic carbocycles. The van der Waals surface area contributed by atoms with Gasteiger partial charge in [0, 0.05) is 28.1 Å². The molecule has 0 unspecified atom stereocenters. The Bertz CT molecular complexity index is 467. The van der Waals surface area contributed by atoms with Crippen molar-refractivity contribution in [2.45, 2.75) is 4.90 Å². The van der Waals surface area contributed by atoms with E-state index in [1.54, 1.807) is 17.1 Å². The van der Waals surface area contributed by atoms with Crippen LogP contribution in [-0.4, -0.2) is 29.6 Å². The normalized spacial score (nSPS) is 9.95. The highest BCUT2D eigenvalue weighted by atomic mass is 79.9. The highest BCUT2D eigenvalue weighted by molar-refractivity contribution is 9.10. The van der Waals surface area contributed by atoms with Crippen LogP contribution in [0.25, 0.3) is 0 Å². The number of nitrogens with zero attached hydrogens (tertiary/aromatic N) is 1. The second kappa shape index (κ2) is 8.07. The van der Waals surface area contributed by atoms with Gasteiger partial charge in [-0.3, -0.25) is 4.79 Å². The maximum absolute atomic E-state index is 12.0. The molecule has 1 aromatic carbocycles. The Kier molecular flexibility index (Phi) is 6.73. The molecule has 102 valence electrons. The summed E-state index contributed by atoms with van der Waals surface area (Å²) in [6, 6.07) is 5.65. The largest absolute Gasteiger partial charge is 0.398 e. The van der Waals surface area contributed by atoms with Crippen molar-refractivity contribution in [2.24, 2.45) is 0 Å². The lowest BCUT2D eigenvalue weighted by Gasteiger charge is -2.19. The maximum atomic E-state index is 12.0. The topological polar surface area (TPSA) is 46.3 Å². The molecule has 1 aromatic rings. The molecule has 3 nitrogen and oxygen atoms in total. The molecular weight excluding hydrogens is 324 g/mol. The van der Waals surface area contributed by atoms with Crippen LogP contribution in [0.2, 0.25) is 0 Å². The molecule has 0 aromatic heterocycles. The number of nitrogens with two attached hydrogens (primary N) is 1. The van der Waals surface area contributed by atoms with Crippen molar-refractivity contribution in [1.82, 2.24) is 4.90 Å². The summed E-state index contributed by atoms with van der Waals surface area (Å²) in [5, 5.41) is 0. The average molecular weight is 341 g/mol. The van der Waals surface area contributed by atoms with Gasteiger partial charge in [-0.1, -0.05) is 28.1 Å². The van der Waals surface area contributed by atoms with E-state index in [1.807, 2.05) is 18.2 Å². The molecule has 0 bridgehead atoms. The van der Waals surface area contributed by atoms with Crippen molar-refractivity contribution >= 4 is 39.3 Å². The third-order valence-corrected chi connectivity index (χ3v) is 3.94. The van der Waals surface area contributed by atoms with Gasteiger partial charge in [-0.15, -0.1) is 24.9 Å². The van der Waals surface area contributed by atoms with Crippen molar-refractivity contribution in [1.29, 1.82) is 0 Å². The lowest BCUT2D eigenvalue weighted by Crippen LogP contribution is -2.32. The van der Waals surface area contributed by atoms with Crippen LogP contribution in [0.3, 0.4) is 0 Å². The summed E-state index contributed by atoms with van der Waals surface area (Å²) >= 11 is 4.79. The summed E-state index contributed by atoms with van der Waals surface area (Å²) < 4.78 is 0.931. The lowest BCUT2D eigenvalue weighted by molar-refractivity contribution is -0.127. The molecule has 1 amide bonds. The Labute approximate surface area is 126 Å². The van der Waals surface area contributed by atoms with E-state index in [-0.39, 0.29) is 5.91 Å². The number of amides is 1. The molecule has 0 radical (unpaired) electrons. The standard InChI is InChI=1S/C14H17BrN2OS/c1-3-7-17(8-4-2)14(18)10-19-13-6-5-11(15)9-12(13)16/h3-6,9H,1-2,7-8,10,16H2. The van der Waals surface area contributed by atoms with E-state index in [0.29, 0.717) is 24.5 Å². The van der Waals surface area contributed by atoms with E-state index in [2.05, 4.69) is 29.1 Å². The van der Waals surface area contributed by atoms with Gasteiger partial charge in [0.1, 0.15) is 0 Å². The predicted molar refractivity (Wildman–Crippen MR) is 86.3 cm³/mol. The smallest absolute Gasteiger partial charge is 0.233 e. The Morgan fingerprint density at radius 1 is 1.37 bits per heavy atom. The first-order valence-corrected chi connectivity index (χ1v) is 7.53. The van der Waals surface area contributed by atoms with Crippen molar-refractivity contribution in [2.75, 3.05) is 24.6 Å². The van der Waals surface area contributed by atoms with Crippen molar-refractivity contribution in [3.8, 4) is 0 Å². The van der Waals surface area contributed by atoms with Crippen LogP contribution in [0.15, 0.2) is 52.9 Å². The van der Waals surface area contributed by atoms with E-state index >= 15 is 0 Å². The van der Waals surface area contributed by atoms with Gasteiger partial charge in [-0.25, -0.2) is 0 Å². The fourth-order valence-electron chi connectivity index (χ4n) is 1.47. The lowest BCUT2D eigenvalue weighted by atomic mass is 10.3. The van der Waals surface area contributed by atoms with Gasteiger partial charge < -0.3 is 10.6 Å². The van der Waals surface area contributed by atoms with Crippen LogP contribution in [-0.2, 0) is 4.79 Å². The zero-order valence-corrected chi connectivity index (χ0v) is 13.0. The molecule has 0 fully saturated rings. The Morgan fingerprint density at radius 3 is 2.53 bits per heavy atom. The number of carbonyl (C=O) groups is 1. The van der Waals surface area contributed by atoms with Crippen LogP contribution in [0.1, 0.15) is 0 Å². The molecule has 0 atom stereocenters. The van der Waals surface area contributed by atoms with Gasteiger partial charge >= 0.3 is 0 Å². The van der Waals surface area contributed by atoms with Gasteiger partial charge in [0.05, 0.1) is 5.75 Å². The second-order valence-corrected chi connectivity index (χ2v) is 5.78. The SMILES string of the molecule is C=CCN(CC=C)C(=O)CSc1ccc(Br)cc1N. The van der Waals surface area contributed by atoms with Crippen LogP contribution >= 0.6 is 27.7 Å². The number of rotatable bonds is 7. The third-order valence-electron chi connectivity index (χ3n) is 2.37. The second-order valence-electron chi connectivity index (χ2n) is 3.85. The minimum atomic E-state index is 0.0483. The minimum absolute atomic E-state index is 0.0483. The van der Waals surface area contributed by atoms with E-state index < -0.39 is 0 Å². The van der Waals surface area contributed by atoms with E-state index in [0.717, 1.165) is 9.37 Å². The third kappa shape index (κ3) is 5.12. The predicted octanol–water partition coefficient (Wildman–Crippen LogP) is 3.32. The number of nitrogen functional groups attached to an aromatic ring is 1. The van der Waals surface area contributed by atoms with Gasteiger partial charge in [0.2, 0.25) is 5.91 Å². The first kappa shape index (κ1) is 15.9. The summed E-state index contributed by atoms with van der Waals surface area (Å²) in [6.45, 7) is 8.35. The molecule has 0 aliphatic heterocycles. The minimum Gasteiger partial charge on any atom is -0.398 e. The molecule has 0 aliphatic rings. The van der Waals surface area contributed by atoms with Crippen molar-refractivity contribution in [3.63, 3.8) is 0 Å². The van der Waals surface area contributed by atoms with Crippen LogP contribution in [0.4, 0.5) is 5.69 Å². The van der Waals surface area contributed by atoms with E-state index in [4.69, 9.17) is 5.73 Å². The van der Waals surface area contributed by atoms with Crippen LogP contribution in [0.5, 0.6) is 0 Å². The molecule has 5 heteroatoms. The zero-order valence-electron chi connectivity index (χ0n) is 10.6. The monoisotopic (exact) mass is 340 g/mol. The van der Waals surface area contributed by atoms with Crippen LogP contribution in [0, 0.1) is 0 Å². The summed E-state index contributed by atoms with van der Waals surface area (Å²) in [5.41, 5.74) is 6.57. The summed E-state index contributed by atoms with van der Waals surface area (Å²) in [5.74, 6) is 0.403. The Morgan fingerprint density at radius 2 is 2.00 bits per heavy atom. The van der Waals surface area contributed by atoms with Crippen molar-refractivity contribution in [3.05, 3.63) is 48.0 Å². The maximum Gasteiger partial charge on any atom is 0.233 e. The van der Waals surface area contributed by atoms with Crippen molar-refractivity contribution < 1.29 is 4.79 Å². The number of carbonyl (C=O) groups excluding carboxylic acids is 1. The quantitative estimate of drug-likeness (QED) is 0.470. The van der Waals surface area contributed by atoms with Gasteiger partial charge in [-0.05, 0) is 18.2 Å². The number of benzene rings is 1. The number of halogens is 1. The molecular formula is C14H17BrN2OS. The highest BCUT2D eigenvalue weighted by Gasteiger charge is 2.11. The molecule has 0 heterocycles. The Balaban J connectivity index is 2.61. The number of hydrogen-bond acceptors (Lipinski definition) is 3. The van der Waals surface area contributed by atoms with E-state index in [1.165, 1.54) is 11.8 Å². The van der Waals surface area contributed by atoms with Crippen LogP contribution < -0.4 is 5.73 Å². The molecule has 0 spiro atoms. The zero-order chi connectivity index (χ0) is 14.3. The summed E-state index contributed by atoms with van der Waals surface area (Å²) in [6.07, 6.45) is 3.42. The van der Waals surface area contributed by atoms with Gasteiger partial charge in [-0.2, -0.15) is 0 Å². The fourth-order valence-corrected chi connectivity index (χ4v) is 2.70. The average Bonchev–Trinajstić information content (AvgIpc) is 2.37. The van der Waals surface area contributed by atoms with E-state index in [9.17, 15) is 4.79 Å². The highest BCUT2D eigenvalue weighted by Crippen LogP contribution is 2.27. The molecule has 1 rings (SSSR count). The molecule has 19 heavy (non-hydrogen) atoms. The summed E-state index contributed by atoms with van der Waals surface area (Å²) in [4.78, 5) is 14.6. The fraction of sp³-hybridized carbons (Fsp3) is 0.214. The first-order valence-electron chi connectivity index (χ1n) is 5.76. The summed E-state index contributed by atoms with van der Waals surface area (Å²) in [7, 11) is 0. The number of hydrogen-bond donors (Lipinski definition) is 1. The number of anilines is 1. The molecule has 0 saturated heterocycles.